The molecule has 0 spiro atoms. The zero-order chi connectivity index (χ0) is 13.0. The first-order valence-electron chi connectivity index (χ1n) is 6.14. The van der Waals surface area contributed by atoms with Crippen LogP contribution in [-0.2, 0) is 11.3 Å². The number of carboxylic acids is 1. The molecule has 4 N–H and O–H groups in total. The van der Waals surface area contributed by atoms with Crippen LogP contribution in [0.1, 0.15) is 18.4 Å². The van der Waals surface area contributed by atoms with Crippen molar-refractivity contribution < 1.29 is 9.90 Å². The predicted molar refractivity (Wildman–Crippen MR) is 68.6 cm³/mol. The maximum Gasteiger partial charge on any atom is 0.325 e. The molecule has 0 unspecified atom stereocenters. The molecule has 1 fully saturated rings. The van der Waals surface area contributed by atoms with E-state index in [2.05, 4.69) is 22.5 Å². The molecule has 0 aromatic heterocycles. The van der Waals surface area contributed by atoms with Crippen LogP contribution in [-0.4, -0.2) is 34.6 Å². The van der Waals surface area contributed by atoms with Gasteiger partial charge in [-0.25, -0.2) is 5.43 Å². The quantitative estimate of drug-likeness (QED) is 0.537. The number of nitrogens with one attached hydrogen (secondary N) is 1. The van der Waals surface area contributed by atoms with E-state index in [1.807, 2.05) is 18.2 Å². The van der Waals surface area contributed by atoms with Crippen LogP contribution >= 0.6 is 0 Å². The summed E-state index contributed by atoms with van der Waals surface area (Å²) in [5.41, 5.74) is 2.77. The van der Waals surface area contributed by atoms with E-state index in [0.717, 1.165) is 19.6 Å². The summed E-state index contributed by atoms with van der Waals surface area (Å²) in [6.07, 6.45) is 1.07. The predicted octanol–water partition coefficient (Wildman–Crippen LogP) is 0.569. The van der Waals surface area contributed by atoms with Gasteiger partial charge in [0.1, 0.15) is 5.54 Å². The molecule has 5 nitrogen and oxygen atoms in total. The second-order valence-corrected chi connectivity index (χ2v) is 4.79. The van der Waals surface area contributed by atoms with Gasteiger partial charge in [0.25, 0.3) is 0 Å². The zero-order valence-electron chi connectivity index (χ0n) is 10.3. The minimum Gasteiger partial charge on any atom is -0.480 e. The molecule has 0 atom stereocenters. The molecule has 2 rings (SSSR count). The SMILES string of the molecule is NNC1(C(=O)O)CCN(Cc2ccccc2)CC1. The number of piperidine rings is 1. The van der Waals surface area contributed by atoms with Gasteiger partial charge in [-0.05, 0) is 18.4 Å². The minimum atomic E-state index is -0.951. The number of rotatable bonds is 4. The third kappa shape index (κ3) is 2.69. The molecule has 98 valence electrons. The number of hydrogen-bond acceptors (Lipinski definition) is 4. The van der Waals surface area contributed by atoms with Crippen LogP contribution in [0.5, 0.6) is 0 Å². The van der Waals surface area contributed by atoms with Crippen molar-refractivity contribution in [2.24, 2.45) is 5.84 Å². The molecule has 0 radical (unpaired) electrons. The lowest BCUT2D eigenvalue weighted by Gasteiger charge is -2.38. The van der Waals surface area contributed by atoms with Gasteiger partial charge in [-0.2, -0.15) is 0 Å². The van der Waals surface area contributed by atoms with Crippen molar-refractivity contribution in [3.8, 4) is 0 Å². The highest BCUT2D eigenvalue weighted by Crippen LogP contribution is 2.23. The molecule has 1 aliphatic heterocycles. The second kappa shape index (κ2) is 5.48. The van der Waals surface area contributed by atoms with E-state index in [-0.39, 0.29) is 0 Å². The highest BCUT2D eigenvalue weighted by atomic mass is 16.4. The van der Waals surface area contributed by atoms with E-state index in [0.29, 0.717) is 12.8 Å². The van der Waals surface area contributed by atoms with Gasteiger partial charge in [0.05, 0.1) is 0 Å². The van der Waals surface area contributed by atoms with E-state index in [1.165, 1.54) is 5.56 Å². The molecule has 0 bridgehead atoms. The van der Waals surface area contributed by atoms with Crippen molar-refractivity contribution in [3.63, 3.8) is 0 Å². The van der Waals surface area contributed by atoms with Gasteiger partial charge < -0.3 is 5.11 Å². The number of likely N-dealkylation sites (tertiary alicyclic amines) is 1. The number of benzene rings is 1. The Morgan fingerprint density at radius 1 is 1.33 bits per heavy atom. The first-order chi connectivity index (χ1) is 8.66. The lowest BCUT2D eigenvalue weighted by atomic mass is 9.88. The standard InChI is InChI=1S/C13H19N3O2/c14-15-13(12(17)18)6-8-16(9-7-13)10-11-4-2-1-3-5-11/h1-5,15H,6-10,14H2,(H,17,18). The summed E-state index contributed by atoms with van der Waals surface area (Å²) in [6.45, 7) is 2.35. The average molecular weight is 249 g/mol. The molecule has 0 saturated carbocycles. The van der Waals surface area contributed by atoms with Crippen LogP contribution in [0.25, 0.3) is 0 Å². The Labute approximate surface area is 107 Å². The summed E-state index contributed by atoms with van der Waals surface area (Å²) >= 11 is 0. The number of carbonyl (C=O) groups is 1. The van der Waals surface area contributed by atoms with Crippen LogP contribution in [0.2, 0.25) is 0 Å². The Morgan fingerprint density at radius 3 is 2.44 bits per heavy atom. The highest BCUT2D eigenvalue weighted by molar-refractivity contribution is 5.78. The molecule has 5 heteroatoms. The lowest BCUT2D eigenvalue weighted by Crippen LogP contribution is -2.60. The second-order valence-electron chi connectivity index (χ2n) is 4.79. The van der Waals surface area contributed by atoms with Gasteiger partial charge >= 0.3 is 5.97 Å². The molecular weight excluding hydrogens is 230 g/mol. The molecule has 0 aliphatic carbocycles. The van der Waals surface area contributed by atoms with Crippen molar-refractivity contribution in [3.05, 3.63) is 35.9 Å². The van der Waals surface area contributed by atoms with E-state index in [4.69, 9.17) is 5.84 Å². The third-order valence-corrected chi connectivity index (χ3v) is 3.64. The molecule has 0 amide bonds. The van der Waals surface area contributed by atoms with Crippen molar-refractivity contribution in [1.29, 1.82) is 0 Å². The van der Waals surface area contributed by atoms with E-state index in [9.17, 15) is 9.90 Å². The largest absolute Gasteiger partial charge is 0.480 e. The van der Waals surface area contributed by atoms with Gasteiger partial charge in [0.15, 0.2) is 0 Å². The number of nitrogens with zero attached hydrogens (tertiary/aromatic N) is 1. The van der Waals surface area contributed by atoms with Crippen molar-refractivity contribution in [1.82, 2.24) is 10.3 Å². The average Bonchev–Trinajstić information content (AvgIpc) is 2.41. The third-order valence-electron chi connectivity index (χ3n) is 3.64. The maximum absolute atomic E-state index is 11.2. The summed E-state index contributed by atoms with van der Waals surface area (Å²) in [5, 5.41) is 9.20. The van der Waals surface area contributed by atoms with Crippen molar-refractivity contribution in [2.75, 3.05) is 13.1 Å². The van der Waals surface area contributed by atoms with Gasteiger partial charge in [0.2, 0.25) is 0 Å². The fraction of sp³-hybridized carbons (Fsp3) is 0.462. The number of hydrogen-bond donors (Lipinski definition) is 3. The van der Waals surface area contributed by atoms with Crippen molar-refractivity contribution in [2.45, 2.75) is 24.9 Å². The van der Waals surface area contributed by atoms with Crippen LogP contribution < -0.4 is 11.3 Å². The Hall–Kier alpha value is -1.43. The first-order valence-corrected chi connectivity index (χ1v) is 6.14. The smallest absolute Gasteiger partial charge is 0.325 e. The lowest BCUT2D eigenvalue weighted by molar-refractivity contribution is -0.147. The van der Waals surface area contributed by atoms with Crippen LogP contribution in [0, 0.1) is 0 Å². The Kier molecular flexibility index (Phi) is 3.96. The fourth-order valence-electron chi connectivity index (χ4n) is 2.35. The molecular formula is C13H19N3O2. The van der Waals surface area contributed by atoms with Gasteiger partial charge in [-0.15, -0.1) is 0 Å². The molecule has 1 aromatic carbocycles. The topological polar surface area (TPSA) is 78.6 Å². The Balaban J connectivity index is 1.93. The zero-order valence-corrected chi connectivity index (χ0v) is 10.3. The highest BCUT2D eigenvalue weighted by Gasteiger charge is 2.40. The van der Waals surface area contributed by atoms with Crippen molar-refractivity contribution >= 4 is 5.97 Å². The van der Waals surface area contributed by atoms with Gasteiger partial charge in [-0.1, -0.05) is 30.3 Å². The van der Waals surface area contributed by atoms with Crippen LogP contribution in [0.15, 0.2) is 30.3 Å². The molecule has 18 heavy (non-hydrogen) atoms. The molecule has 1 aromatic rings. The van der Waals surface area contributed by atoms with E-state index < -0.39 is 11.5 Å². The normalized spacial score (nSPS) is 19.6. The summed E-state index contributed by atoms with van der Waals surface area (Å²) in [6, 6.07) is 10.2. The fourth-order valence-corrected chi connectivity index (χ4v) is 2.35. The Morgan fingerprint density at radius 2 is 1.94 bits per heavy atom. The summed E-state index contributed by atoms with van der Waals surface area (Å²) < 4.78 is 0. The van der Waals surface area contributed by atoms with Crippen LogP contribution in [0.3, 0.4) is 0 Å². The summed E-state index contributed by atoms with van der Waals surface area (Å²) in [4.78, 5) is 13.5. The van der Waals surface area contributed by atoms with Crippen LogP contribution in [0.4, 0.5) is 0 Å². The number of nitrogens with two attached hydrogens (primary N) is 1. The monoisotopic (exact) mass is 249 g/mol. The van der Waals surface area contributed by atoms with E-state index in [1.54, 1.807) is 0 Å². The first kappa shape index (κ1) is 13.0. The summed E-state index contributed by atoms with van der Waals surface area (Å²) in [5.74, 6) is 4.53. The molecule has 1 saturated heterocycles. The van der Waals surface area contributed by atoms with E-state index >= 15 is 0 Å². The molecule has 1 aliphatic rings. The number of aliphatic carboxylic acids is 1. The van der Waals surface area contributed by atoms with Gasteiger partial charge in [0, 0.05) is 19.6 Å². The maximum atomic E-state index is 11.2. The molecule has 1 heterocycles. The Bertz CT molecular complexity index is 400. The number of carboxylic acid groups (broad SMARTS) is 1. The number of hydrazine groups is 1. The van der Waals surface area contributed by atoms with Gasteiger partial charge in [-0.3, -0.25) is 15.5 Å². The summed E-state index contributed by atoms with van der Waals surface area (Å²) in [7, 11) is 0. The minimum absolute atomic E-state index is 0.533.